The van der Waals surface area contributed by atoms with Gasteiger partial charge in [0.25, 0.3) is 0 Å². The van der Waals surface area contributed by atoms with Crippen molar-refractivity contribution in [3.63, 3.8) is 0 Å². The number of halogens is 3. The Labute approximate surface area is 168 Å². The summed E-state index contributed by atoms with van der Waals surface area (Å²) in [7, 11) is 0. The lowest BCUT2D eigenvalue weighted by atomic mass is 9.81. The molecular weight excluding hydrogens is 379 g/mol. The van der Waals surface area contributed by atoms with E-state index < -0.39 is 23.1 Å². The monoisotopic (exact) mass is 399 g/mol. The maximum Gasteiger partial charge on any atom is 0.153 e. The summed E-state index contributed by atoms with van der Waals surface area (Å²) in [6.07, 6.45) is 5.78. The molecule has 1 nitrogen and oxygen atoms in total. The van der Waals surface area contributed by atoms with Crippen molar-refractivity contribution in [3.05, 3.63) is 53.3 Å². The maximum atomic E-state index is 14.5. The summed E-state index contributed by atoms with van der Waals surface area (Å²) >= 11 is 4.38. The van der Waals surface area contributed by atoms with Crippen LogP contribution < -0.4 is 0 Å². The quantitative estimate of drug-likeness (QED) is 0.305. The summed E-state index contributed by atoms with van der Waals surface area (Å²) in [4.78, 5) is 3.36. The van der Waals surface area contributed by atoms with Crippen LogP contribution in [0.1, 0.15) is 44.6 Å². The van der Waals surface area contributed by atoms with Gasteiger partial charge in [-0.1, -0.05) is 31.3 Å². The molecule has 0 saturated heterocycles. The highest BCUT2D eigenvalue weighted by molar-refractivity contribution is 7.78. The molecular formula is C23H20F3NS. The highest BCUT2D eigenvalue weighted by atomic mass is 32.1. The summed E-state index contributed by atoms with van der Waals surface area (Å²) in [6, 6.07) is 6.53. The minimum absolute atomic E-state index is 0.0909. The van der Waals surface area contributed by atoms with E-state index in [0.717, 1.165) is 30.9 Å². The van der Waals surface area contributed by atoms with Gasteiger partial charge in [0.05, 0.1) is 5.16 Å². The SMILES string of the molecule is CCC1CCC(C#Cc2ccc(-c3cc(F)c(N=C=S)c(F)c3)c(F)c2)CC1. The molecule has 2 aromatic rings. The molecule has 1 fully saturated rings. The van der Waals surface area contributed by atoms with E-state index in [1.807, 2.05) is 5.16 Å². The second-order valence-corrected chi connectivity index (χ2v) is 7.26. The van der Waals surface area contributed by atoms with E-state index in [0.29, 0.717) is 11.5 Å². The van der Waals surface area contributed by atoms with Gasteiger partial charge in [0.1, 0.15) is 11.5 Å². The summed E-state index contributed by atoms with van der Waals surface area (Å²) in [6.45, 7) is 2.22. The van der Waals surface area contributed by atoms with Crippen LogP contribution in [-0.4, -0.2) is 5.16 Å². The van der Waals surface area contributed by atoms with Gasteiger partial charge in [-0.2, -0.15) is 4.99 Å². The molecule has 0 bridgehead atoms. The number of hydrogen-bond donors (Lipinski definition) is 0. The topological polar surface area (TPSA) is 12.4 Å². The zero-order valence-corrected chi connectivity index (χ0v) is 16.4. The minimum Gasteiger partial charge on any atom is -0.206 e. The molecule has 0 N–H and O–H groups in total. The molecule has 0 aliphatic heterocycles. The molecule has 1 saturated carbocycles. The molecule has 0 spiro atoms. The fourth-order valence-electron chi connectivity index (χ4n) is 3.60. The molecule has 0 amide bonds. The third kappa shape index (κ3) is 4.70. The summed E-state index contributed by atoms with van der Waals surface area (Å²) in [5.41, 5.74) is 0.221. The van der Waals surface area contributed by atoms with Crippen molar-refractivity contribution in [2.24, 2.45) is 16.8 Å². The molecule has 0 heterocycles. The molecule has 1 aliphatic rings. The van der Waals surface area contributed by atoms with E-state index >= 15 is 0 Å². The molecule has 2 aromatic carbocycles. The largest absolute Gasteiger partial charge is 0.206 e. The fraction of sp³-hybridized carbons (Fsp3) is 0.348. The van der Waals surface area contributed by atoms with Crippen LogP contribution in [0.4, 0.5) is 18.9 Å². The van der Waals surface area contributed by atoms with Crippen molar-refractivity contribution >= 4 is 23.1 Å². The number of thiocarbonyl (C=S) groups is 1. The van der Waals surface area contributed by atoms with Crippen LogP contribution in [0.2, 0.25) is 0 Å². The van der Waals surface area contributed by atoms with Crippen LogP contribution in [0.15, 0.2) is 35.3 Å². The average Bonchev–Trinajstić information content (AvgIpc) is 2.69. The Bertz CT molecular complexity index is 952. The summed E-state index contributed by atoms with van der Waals surface area (Å²) in [5.74, 6) is 5.02. The Morgan fingerprint density at radius 3 is 2.25 bits per heavy atom. The van der Waals surface area contributed by atoms with Crippen LogP contribution in [0.25, 0.3) is 11.1 Å². The molecule has 28 heavy (non-hydrogen) atoms. The Morgan fingerprint density at radius 2 is 1.68 bits per heavy atom. The van der Waals surface area contributed by atoms with Crippen molar-refractivity contribution < 1.29 is 13.2 Å². The first-order valence-corrected chi connectivity index (χ1v) is 9.81. The zero-order valence-electron chi connectivity index (χ0n) is 15.6. The molecule has 144 valence electrons. The van der Waals surface area contributed by atoms with Crippen molar-refractivity contribution in [3.8, 4) is 23.0 Å². The number of aliphatic imine (C=N–C) groups is 1. The first kappa shape index (κ1) is 20.3. The van der Waals surface area contributed by atoms with Crippen molar-refractivity contribution in [1.29, 1.82) is 0 Å². The third-order valence-corrected chi connectivity index (χ3v) is 5.39. The van der Waals surface area contributed by atoms with Crippen molar-refractivity contribution in [2.75, 3.05) is 0 Å². The Kier molecular flexibility index (Phi) is 6.67. The van der Waals surface area contributed by atoms with E-state index in [4.69, 9.17) is 0 Å². The lowest BCUT2D eigenvalue weighted by Crippen LogP contribution is -2.12. The lowest BCUT2D eigenvalue weighted by Gasteiger charge is -2.24. The van der Waals surface area contributed by atoms with Crippen molar-refractivity contribution in [2.45, 2.75) is 39.0 Å². The fourth-order valence-corrected chi connectivity index (χ4v) is 3.69. The van der Waals surface area contributed by atoms with Crippen LogP contribution in [0.5, 0.6) is 0 Å². The van der Waals surface area contributed by atoms with Gasteiger partial charge in [-0.05, 0) is 73.6 Å². The summed E-state index contributed by atoms with van der Waals surface area (Å²) < 4.78 is 42.6. The van der Waals surface area contributed by atoms with Crippen LogP contribution in [0.3, 0.4) is 0 Å². The van der Waals surface area contributed by atoms with Gasteiger partial charge < -0.3 is 0 Å². The standard InChI is InChI=1S/C23H20F3NS/c1-2-15-3-5-16(6-4-15)7-8-17-9-10-19(20(24)11-17)18-12-21(25)23(27-14-28)22(26)13-18/h9-13,15-16H,2-6H2,1H3. The van der Waals surface area contributed by atoms with Gasteiger partial charge in [-0.3, -0.25) is 0 Å². The second kappa shape index (κ2) is 9.19. The molecule has 0 radical (unpaired) electrons. The molecule has 0 atom stereocenters. The van der Waals surface area contributed by atoms with Gasteiger partial charge in [0.15, 0.2) is 11.6 Å². The molecule has 3 rings (SSSR count). The van der Waals surface area contributed by atoms with Crippen molar-refractivity contribution in [1.82, 2.24) is 0 Å². The highest BCUT2D eigenvalue weighted by Gasteiger charge is 2.18. The van der Waals surface area contributed by atoms with E-state index in [-0.39, 0.29) is 11.1 Å². The Morgan fingerprint density at radius 1 is 1.00 bits per heavy atom. The molecule has 0 aromatic heterocycles. The predicted octanol–water partition coefficient (Wildman–Crippen LogP) is 7.07. The smallest absolute Gasteiger partial charge is 0.153 e. The van der Waals surface area contributed by atoms with Gasteiger partial charge in [0.2, 0.25) is 0 Å². The summed E-state index contributed by atoms with van der Waals surface area (Å²) in [5, 5.41) is 1.93. The molecule has 0 unspecified atom stereocenters. The van der Waals surface area contributed by atoms with Gasteiger partial charge in [0, 0.05) is 17.0 Å². The van der Waals surface area contributed by atoms with Gasteiger partial charge >= 0.3 is 0 Å². The minimum atomic E-state index is -0.918. The lowest BCUT2D eigenvalue weighted by molar-refractivity contribution is 0.309. The molecule has 1 aliphatic carbocycles. The number of nitrogens with zero attached hydrogens (tertiary/aromatic N) is 1. The average molecular weight is 399 g/mol. The van der Waals surface area contributed by atoms with Crippen LogP contribution in [-0.2, 0) is 0 Å². The predicted molar refractivity (Wildman–Crippen MR) is 109 cm³/mol. The van der Waals surface area contributed by atoms with E-state index in [2.05, 4.69) is 36.0 Å². The van der Waals surface area contributed by atoms with Gasteiger partial charge in [-0.15, -0.1) is 0 Å². The number of benzene rings is 2. The number of hydrogen-bond acceptors (Lipinski definition) is 2. The maximum absolute atomic E-state index is 14.5. The first-order chi connectivity index (χ1) is 13.5. The Hall–Kier alpha value is -2.41. The third-order valence-electron chi connectivity index (χ3n) is 5.30. The van der Waals surface area contributed by atoms with Gasteiger partial charge in [-0.25, -0.2) is 13.2 Å². The number of rotatable bonds is 3. The van der Waals surface area contributed by atoms with E-state index in [9.17, 15) is 13.2 Å². The highest BCUT2D eigenvalue weighted by Crippen LogP contribution is 2.32. The normalized spacial score (nSPS) is 18.7. The zero-order chi connectivity index (χ0) is 20.1. The first-order valence-electron chi connectivity index (χ1n) is 9.40. The van der Waals surface area contributed by atoms with E-state index in [1.165, 1.54) is 31.4 Å². The van der Waals surface area contributed by atoms with E-state index in [1.54, 1.807) is 6.07 Å². The second-order valence-electron chi connectivity index (χ2n) is 7.08. The number of isothiocyanates is 1. The van der Waals surface area contributed by atoms with Crippen LogP contribution >= 0.6 is 12.2 Å². The Balaban J connectivity index is 1.80. The van der Waals surface area contributed by atoms with Crippen LogP contribution in [0, 0.1) is 41.1 Å². The molecule has 5 heteroatoms.